The number of rotatable bonds is 6. The lowest BCUT2D eigenvalue weighted by molar-refractivity contribution is -0.151. The maximum absolute atomic E-state index is 11.8. The summed E-state index contributed by atoms with van der Waals surface area (Å²) in [5.41, 5.74) is 6.44. The number of methoxy groups -OCH3 is 3. The number of hydrogen-bond acceptors (Lipinski definition) is 5. The summed E-state index contributed by atoms with van der Waals surface area (Å²) in [7, 11) is 4.52. The molecule has 0 fully saturated rings. The Hall–Kier alpha value is -1.27. The maximum atomic E-state index is 11.8. The van der Waals surface area contributed by atoms with Gasteiger partial charge in [-0.2, -0.15) is 0 Å². The van der Waals surface area contributed by atoms with Gasteiger partial charge in [-0.1, -0.05) is 15.9 Å². The van der Waals surface area contributed by atoms with Crippen LogP contribution in [0.4, 0.5) is 0 Å². The van der Waals surface area contributed by atoms with Gasteiger partial charge in [-0.3, -0.25) is 4.79 Å². The summed E-state index contributed by atoms with van der Waals surface area (Å²) in [6.45, 7) is 3.63. The molecule has 1 rings (SSSR count). The Bertz CT molecular complexity index is 517. The van der Waals surface area contributed by atoms with E-state index in [1.165, 1.54) is 7.11 Å². The van der Waals surface area contributed by atoms with Gasteiger partial charge in [0.2, 0.25) is 0 Å². The maximum Gasteiger partial charge on any atom is 0.311 e. The van der Waals surface area contributed by atoms with Gasteiger partial charge in [0.25, 0.3) is 0 Å². The van der Waals surface area contributed by atoms with Crippen molar-refractivity contribution in [2.45, 2.75) is 26.3 Å². The summed E-state index contributed by atoms with van der Waals surface area (Å²) in [6.07, 6.45) is 0.452. The van der Waals surface area contributed by atoms with Gasteiger partial charge in [0.1, 0.15) is 0 Å². The smallest absolute Gasteiger partial charge is 0.311 e. The second-order valence-corrected chi connectivity index (χ2v) is 6.27. The molecule has 0 heterocycles. The van der Waals surface area contributed by atoms with Crippen LogP contribution in [0.1, 0.15) is 31.9 Å². The topological polar surface area (TPSA) is 70.8 Å². The Kier molecular flexibility index (Phi) is 6.04. The summed E-state index contributed by atoms with van der Waals surface area (Å²) >= 11 is 3.48. The number of nitrogens with two attached hydrogens (primary N) is 1. The fraction of sp³-hybridized carbons (Fsp3) is 0.533. The lowest BCUT2D eigenvalue weighted by Crippen LogP contribution is -2.30. The molecule has 1 aromatic rings. The zero-order valence-electron chi connectivity index (χ0n) is 13.0. The van der Waals surface area contributed by atoms with E-state index in [9.17, 15) is 4.79 Å². The lowest BCUT2D eigenvalue weighted by atomic mass is 9.84. The highest BCUT2D eigenvalue weighted by atomic mass is 79.9. The average molecular weight is 360 g/mol. The molecule has 2 N–H and O–H groups in total. The van der Waals surface area contributed by atoms with Crippen molar-refractivity contribution >= 4 is 21.9 Å². The third kappa shape index (κ3) is 4.11. The normalized spacial score (nSPS) is 12.7. The van der Waals surface area contributed by atoms with Crippen LogP contribution in [-0.4, -0.2) is 27.3 Å². The second-order valence-electron chi connectivity index (χ2n) is 5.41. The Morgan fingerprint density at radius 1 is 1.24 bits per heavy atom. The molecule has 0 bridgehead atoms. The molecule has 0 aromatic heterocycles. The quantitative estimate of drug-likeness (QED) is 0.790. The zero-order valence-corrected chi connectivity index (χ0v) is 14.6. The molecule has 5 nitrogen and oxygen atoms in total. The predicted molar refractivity (Wildman–Crippen MR) is 84.6 cm³/mol. The van der Waals surface area contributed by atoms with Crippen molar-refractivity contribution in [3.8, 4) is 11.5 Å². The van der Waals surface area contributed by atoms with Crippen LogP contribution < -0.4 is 15.2 Å². The van der Waals surface area contributed by atoms with Crippen LogP contribution >= 0.6 is 15.9 Å². The number of benzene rings is 1. The Morgan fingerprint density at radius 3 is 2.24 bits per heavy atom. The summed E-state index contributed by atoms with van der Waals surface area (Å²) < 4.78 is 16.2. The number of carbonyl (C=O) groups excluding carboxylic acids is 1. The minimum absolute atomic E-state index is 0.283. The standard InChI is InChI=1S/C15H22BrNO4/c1-15(2,14(18)21-5)8-11(17)9-6-12(19-3)13(20-4)7-10(9)16/h6-7,11H,8,17H2,1-5H3. The van der Waals surface area contributed by atoms with E-state index in [4.69, 9.17) is 19.9 Å². The molecule has 0 spiro atoms. The van der Waals surface area contributed by atoms with Gasteiger partial charge in [0.15, 0.2) is 11.5 Å². The first kappa shape index (κ1) is 17.8. The molecule has 1 aromatic carbocycles. The van der Waals surface area contributed by atoms with Crippen molar-refractivity contribution in [2.75, 3.05) is 21.3 Å². The van der Waals surface area contributed by atoms with E-state index in [0.29, 0.717) is 17.9 Å². The highest BCUT2D eigenvalue weighted by molar-refractivity contribution is 9.10. The largest absolute Gasteiger partial charge is 0.493 e. The van der Waals surface area contributed by atoms with E-state index in [1.54, 1.807) is 20.3 Å². The third-order valence-electron chi connectivity index (χ3n) is 3.37. The van der Waals surface area contributed by atoms with Crippen LogP contribution in [0.5, 0.6) is 11.5 Å². The molecular weight excluding hydrogens is 338 g/mol. The lowest BCUT2D eigenvalue weighted by Gasteiger charge is -2.26. The van der Waals surface area contributed by atoms with Gasteiger partial charge in [-0.25, -0.2) is 0 Å². The van der Waals surface area contributed by atoms with Gasteiger partial charge in [0.05, 0.1) is 26.7 Å². The van der Waals surface area contributed by atoms with Crippen LogP contribution in [0.2, 0.25) is 0 Å². The van der Waals surface area contributed by atoms with Crippen LogP contribution in [0.15, 0.2) is 16.6 Å². The molecule has 0 saturated carbocycles. The van der Waals surface area contributed by atoms with Crippen LogP contribution in [0.3, 0.4) is 0 Å². The van der Waals surface area contributed by atoms with Crippen LogP contribution in [0, 0.1) is 5.41 Å². The van der Waals surface area contributed by atoms with Crippen molar-refractivity contribution in [3.63, 3.8) is 0 Å². The first-order valence-corrected chi connectivity index (χ1v) is 7.31. The second kappa shape index (κ2) is 7.13. The van der Waals surface area contributed by atoms with Crippen molar-refractivity contribution in [2.24, 2.45) is 11.1 Å². The van der Waals surface area contributed by atoms with E-state index in [2.05, 4.69) is 15.9 Å². The minimum Gasteiger partial charge on any atom is -0.493 e. The Labute approximate surface area is 133 Å². The monoisotopic (exact) mass is 359 g/mol. The van der Waals surface area contributed by atoms with E-state index < -0.39 is 5.41 Å². The summed E-state index contributed by atoms with van der Waals surface area (Å²) in [6, 6.07) is 3.29. The minimum atomic E-state index is -0.666. The molecule has 0 aliphatic heterocycles. The molecule has 0 aliphatic rings. The fourth-order valence-corrected chi connectivity index (χ4v) is 2.79. The molecule has 1 unspecified atom stereocenters. The number of carbonyl (C=O) groups is 1. The summed E-state index contributed by atoms with van der Waals surface area (Å²) in [5.74, 6) is 0.934. The molecule has 1 atom stereocenters. The number of halogens is 1. The van der Waals surface area contributed by atoms with Crippen molar-refractivity contribution in [3.05, 3.63) is 22.2 Å². The highest BCUT2D eigenvalue weighted by Crippen LogP contribution is 2.38. The van der Waals surface area contributed by atoms with Gasteiger partial charge in [0, 0.05) is 10.5 Å². The van der Waals surface area contributed by atoms with E-state index >= 15 is 0 Å². The molecule has 0 saturated heterocycles. The average Bonchev–Trinajstić information content (AvgIpc) is 2.45. The van der Waals surface area contributed by atoms with Gasteiger partial charge >= 0.3 is 5.97 Å². The van der Waals surface area contributed by atoms with Gasteiger partial charge in [-0.15, -0.1) is 0 Å². The third-order valence-corrected chi connectivity index (χ3v) is 4.06. The number of ether oxygens (including phenoxy) is 3. The van der Waals surface area contributed by atoms with E-state index in [-0.39, 0.29) is 12.0 Å². The van der Waals surface area contributed by atoms with Crippen LogP contribution in [0.25, 0.3) is 0 Å². The molecule has 21 heavy (non-hydrogen) atoms. The first-order chi connectivity index (χ1) is 9.76. The highest BCUT2D eigenvalue weighted by Gasteiger charge is 2.32. The summed E-state index contributed by atoms with van der Waals surface area (Å²) in [4.78, 5) is 11.8. The number of hydrogen-bond donors (Lipinski definition) is 1. The van der Waals surface area contributed by atoms with E-state index in [1.807, 2.05) is 19.9 Å². The summed E-state index contributed by atoms with van der Waals surface area (Å²) in [5, 5.41) is 0. The Morgan fingerprint density at radius 2 is 1.76 bits per heavy atom. The van der Waals surface area contributed by atoms with Crippen molar-refractivity contribution in [1.82, 2.24) is 0 Å². The molecule has 0 radical (unpaired) electrons. The molecular formula is C15H22BrNO4. The van der Waals surface area contributed by atoms with Crippen molar-refractivity contribution in [1.29, 1.82) is 0 Å². The number of esters is 1. The molecule has 0 aliphatic carbocycles. The first-order valence-electron chi connectivity index (χ1n) is 6.52. The Balaban J connectivity index is 3.07. The van der Waals surface area contributed by atoms with Gasteiger partial charge < -0.3 is 19.9 Å². The van der Waals surface area contributed by atoms with E-state index in [0.717, 1.165) is 10.0 Å². The fourth-order valence-electron chi connectivity index (χ4n) is 2.17. The molecule has 118 valence electrons. The zero-order chi connectivity index (χ0) is 16.2. The van der Waals surface area contributed by atoms with Crippen molar-refractivity contribution < 1.29 is 19.0 Å². The van der Waals surface area contributed by atoms with Gasteiger partial charge in [-0.05, 0) is 38.0 Å². The van der Waals surface area contributed by atoms with Crippen LogP contribution in [-0.2, 0) is 9.53 Å². The molecule has 6 heteroatoms. The molecule has 0 amide bonds. The predicted octanol–water partition coefficient (Wildman–Crippen LogP) is 3.06. The SMILES string of the molecule is COC(=O)C(C)(C)CC(N)c1cc(OC)c(OC)cc1Br.